The number of aromatic amines is 1. The van der Waals surface area contributed by atoms with Crippen LogP contribution in [-0.2, 0) is 6.42 Å². The molecular formula is C15H14N2O4. The van der Waals surface area contributed by atoms with E-state index in [2.05, 4.69) is 10.3 Å². The summed E-state index contributed by atoms with van der Waals surface area (Å²) in [6.07, 6.45) is 1.95. The van der Waals surface area contributed by atoms with Gasteiger partial charge >= 0.3 is 5.97 Å². The normalized spacial score (nSPS) is 10.1. The molecule has 6 heteroatoms. The van der Waals surface area contributed by atoms with Crippen molar-refractivity contribution in [1.29, 1.82) is 0 Å². The summed E-state index contributed by atoms with van der Waals surface area (Å²) in [4.78, 5) is 35.8. The summed E-state index contributed by atoms with van der Waals surface area (Å²) in [7, 11) is 0. The third kappa shape index (κ3) is 4.04. The number of carbonyl (C=O) groups excluding carboxylic acids is 1. The fourth-order valence-electron chi connectivity index (χ4n) is 1.79. The van der Waals surface area contributed by atoms with E-state index in [1.165, 1.54) is 30.5 Å². The van der Waals surface area contributed by atoms with Crippen molar-refractivity contribution in [1.82, 2.24) is 10.3 Å². The molecule has 6 nitrogen and oxygen atoms in total. The van der Waals surface area contributed by atoms with Crippen molar-refractivity contribution in [2.45, 2.75) is 6.42 Å². The number of carboxylic acids is 1. The first-order valence-electron chi connectivity index (χ1n) is 6.35. The predicted molar refractivity (Wildman–Crippen MR) is 76.5 cm³/mol. The van der Waals surface area contributed by atoms with Gasteiger partial charge in [0.25, 0.3) is 5.91 Å². The quantitative estimate of drug-likeness (QED) is 0.764. The molecule has 1 amide bonds. The molecule has 21 heavy (non-hydrogen) atoms. The van der Waals surface area contributed by atoms with Gasteiger partial charge in [-0.25, -0.2) is 4.79 Å². The number of benzene rings is 1. The Labute approximate surface area is 120 Å². The summed E-state index contributed by atoms with van der Waals surface area (Å²) in [6, 6.07) is 9.24. The van der Waals surface area contributed by atoms with Gasteiger partial charge in [-0.2, -0.15) is 0 Å². The van der Waals surface area contributed by atoms with Gasteiger partial charge in [-0.15, -0.1) is 0 Å². The first-order valence-corrected chi connectivity index (χ1v) is 6.35. The second-order valence-electron chi connectivity index (χ2n) is 4.45. The fraction of sp³-hybridized carbons (Fsp3) is 0.133. The van der Waals surface area contributed by atoms with Crippen molar-refractivity contribution >= 4 is 11.9 Å². The summed E-state index contributed by atoms with van der Waals surface area (Å²) in [5.74, 6) is -1.23. The smallest absolute Gasteiger partial charge is 0.335 e. The number of aromatic carboxylic acids is 1. The van der Waals surface area contributed by atoms with Gasteiger partial charge in [0.15, 0.2) is 0 Å². The highest BCUT2D eigenvalue weighted by atomic mass is 16.4. The van der Waals surface area contributed by atoms with Crippen LogP contribution in [0.25, 0.3) is 0 Å². The molecule has 0 fully saturated rings. The van der Waals surface area contributed by atoms with Crippen molar-refractivity contribution in [3.8, 4) is 0 Å². The maximum atomic E-state index is 11.8. The van der Waals surface area contributed by atoms with Crippen LogP contribution in [0, 0.1) is 0 Å². The minimum atomic E-state index is -0.965. The molecule has 0 aliphatic heterocycles. The lowest BCUT2D eigenvalue weighted by Crippen LogP contribution is -2.26. The van der Waals surface area contributed by atoms with Gasteiger partial charge in [-0.05, 0) is 30.2 Å². The standard InChI is InChI=1S/C15H14N2O4/c18-13-6-5-12(9-17-13)14(19)16-8-7-10-1-3-11(4-2-10)15(20)21/h1-6,9H,7-8H2,(H,16,19)(H,17,18)(H,20,21). The van der Waals surface area contributed by atoms with Crippen molar-refractivity contribution in [3.05, 3.63) is 69.6 Å². The van der Waals surface area contributed by atoms with Gasteiger partial charge in [0, 0.05) is 18.8 Å². The second-order valence-corrected chi connectivity index (χ2v) is 4.45. The van der Waals surface area contributed by atoms with Gasteiger partial charge in [0.2, 0.25) is 5.56 Å². The van der Waals surface area contributed by atoms with E-state index < -0.39 is 5.97 Å². The zero-order valence-electron chi connectivity index (χ0n) is 11.1. The maximum Gasteiger partial charge on any atom is 0.335 e. The lowest BCUT2D eigenvalue weighted by Gasteiger charge is -2.05. The van der Waals surface area contributed by atoms with Gasteiger partial charge in [-0.3, -0.25) is 9.59 Å². The first kappa shape index (κ1) is 14.5. The molecule has 108 valence electrons. The summed E-state index contributed by atoms with van der Waals surface area (Å²) >= 11 is 0. The Morgan fingerprint density at radius 3 is 2.29 bits per heavy atom. The molecule has 0 bridgehead atoms. The highest BCUT2D eigenvalue weighted by molar-refractivity contribution is 5.93. The number of hydrogen-bond acceptors (Lipinski definition) is 3. The van der Waals surface area contributed by atoms with Gasteiger partial charge in [0.1, 0.15) is 0 Å². The van der Waals surface area contributed by atoms with Crippen LogP contribution in [0.1, 0.15) is 26.3 Å². The average molecular weight is 286 g/mol. The van der Waals surface area contributed by atoms with Crippen LogP contribution in [0.4, 0.5) is 0 Å². The lowest BCUT2D eigenvalue weighted by molar-refractivity contribution is 0.0696. The van der Waals surface area contributed by atoms with Gasteiger partial charge in [-0.1, -0.05) is 12.1 Å². The molecule has 0 spiro atoms. The zero-order chi connectivity index (χ0) is 15.2. The van der Waals surface area contributed by atoms with E-state index in [1.807, 2.05) is 0 Å². The van der Waals surface area contributed by atoms with Crippen molar-refractivity contribution in [3.63, 3.8) is 0 Å². The van der Waals surface area contributed by atoms with E-state index in [1.54, 1.807) is 12.1 Å². The molecule has 0 aliphatic carbocycles. The van der Waals surface area contributed by atoms with Crippen LogP contribution < -0.4 is 10.9 Å². The number of rotatable bonds is 5. The Kier molecular flexibility index (Phi) is 4.50. The highest BCUT2D eigenvalue weighted by Gasteiger charge is 2.05. The summed E-state index contributed by atoms with van der Waals surface area (Å²) in [5, 5.41) is 11.5. The summed E-state index contributed by atoms with van der Waals surface area (Å²) < 4.78 is 0. The van der Waals surface area contributed by atoms with E-state index in [-0.39, 0.29) is 17.0 Å². The van der Waals surface area contributed by atoms with Crippen LogP contribution >= 0.6 is 0 Å². The number of carboxylic acid groups (broad SMARTS) is 1. The van der Waals surface area contributed by atoms with Gasteiger partial charge < -0.3 is 15.4 Å². The molecule has 0 radical (unpaired) electrons. The SMILES string of the molecule is O=C(O)c1ccc(CCNC(=O)c2ccc(=O)[nH]c2)cc1. The monoisotopic (exact) mass is 286 g/mol. The third-order valence-corrected chi connectivity index (χ3v) is 2.95. The van der Waals surface area contributed by atoms with Crippen molar-refractivity contribution in [2.75, 3.05) is 6.54 Å². The molecule has 0 atom stereocenters. The molecule has 0 saturated heterocycles. The first-order chi connectivity index (χ1) is 10.1. The molecule has 3 N–H and O–H groups in total. The average Bonchev–Trinajstić information content (AvgIpc) is 2.48. The second kappa shape index (κ2) is 6.51. The molecule has 0 unspecified atom stereocenters. The van der Waals surface area contributed by atoms with Crippen LogP contribution in [0.15, 0.2) is 47.4 Å². The largest absolute Gasteiger partial charge is 0.478 e. The van der Waals surface area contributed by atoms with Crippen LogP contribution in [0.2, 0.25) is 0 Å². The van der Waals surface area contributed by atoms with E-state index in [4.69, 9.17) is 5.11 Å². The Morgan fingerprint density at radius 1 is 1.05 bits per heavy atom. The minimum absolute atomic E-state index is 0.232. The van der Waals surface area contributed by atoms with Gasteiger partial charge in [0.05, 0.1) is 11.1 Å². The van der Waals surface area contributed by atoms with Crippen LogP contribution in [0.5, 0.6) is 0 Å². The predicted octanol–water partition coefficient (Wildman–Crippen LogP) is 1.05. The minimum Gasteiger partial charge on any atom is -0.478 e. The van der Waals surface area contributed by atoms with E-state index in [0.29, 0.717) is 18.5 Å². The number of hydrogen-bond donors (Lipinski definition) is 3. The molecular weight excluding hydrogens is 272 g/mol. The molecule has 0 aliphatic rings. The Morgan fingerprint density at radius 2 is 1.71 bits per heavy atom. The lowest BCUT2D eigenvalue weighted by atomic mass is 10.1. The molecule has 1 heterocycles. The highest BCUT2D eigenvalue weighted by Crippen LogP contribution is 2.05. The molecule has 1 aromatic heterocycles. The summed E-state index contributed by atoms with van der Waals surface area (Å²) in [5.41, 5.74) is 1.29. The van der Waals surface area contributed by atoms with Crippen molar-refractivity contribution < 1.29 is 14.7 Å². The van der Waals surface area contributed by atoms with Crippen molar-refractivity contribution in [2.24, 2.45) is 0 Å². The van der Waals surface area contributed by atoms with Crippen LogP contribution in [0.3, 0.4) is 0 Å². The van der Waals surface area contributed by atoms with Crippen LogP contribution in [-0.4, -0.2) is 28.5 Å². The molecule has 2 aromatic rings. The number of pyridine rings is 1. The number of H-pyrrole nitrogens is 1. The number of amides is 1. The molecule has 1 aromatic carbocycles. The Hall–Kier alpha value is -2.89. The Bertz CT molecular complexity index is 684. The zero-order valence-corrected chi connectivity index (χ0v) is 11.1. The number of aromatic nitrogens is 1. The maximum absolute atomic E-state index is 11.8. The third-order valence-electron chi connectivity index (χ3n) is 2.95. The topological polar surface area (TPSA) is 99.3 Å². The fourth-order valence-corrected chi connectivity index (χ4v) is 1.79. The van der Waals surface area contributed by atoms with E-state index >= 15 is 0 Å². The molecule has 0 saturated carbocycles. The Balaban J connectivity index is 1.86. The number of carbonyl (C=O) groups is 2. The van der Waals surface area contributed by atoms with E-state index in [9.17, 15) is 14.4 Å². The van der Waals surface area contributed by atoms with E-state index in [0.717, 1.165) is 5.56 Å². The number of nitrogens with one attached hydrogen (secondary N) is 2. The summed E-state index contributed by atoms with van der Waals surface area (Å²) in [6.45, 7) is 0.421. The molecule has 2 rings (SSSR count).